The Bertz CT molecular complexity index is 1010. The summed E-state index contributed by atoms with van der Waals surface area (Å²) >= 11 is 1.60. The number of para-hydroxylation sites is 1. The maximum absolute atomic E-state index is 12.2. The Morgan fingerprint density at radius 2 is 2.04 bits per heavy atom. The topological polar surface area (TPSA) is 44.9 Å². The van der Waals surface area contributed by atoms with Crippen molar-refractivity contribution < 1.29 is 4.79 Å². The first-order valence-corrected chi connectivity index (χ1v) is 8.98. The van der Waals surface area contributed by atoms with Gasteiger partial charge >= 0.3 is 0 Å². The minimum absolute atomic E-state index is 0.0159. The van der Waals surface area contributed by atoms with Crippen molar-refractivity contribution in [1.29, 1.82) is 0 Å². The number of hydrogen-bond donors (Lipinski definition) is 2. The second-order valence-electron chi connectivity index (χ2n) is 5.88. The first-order chi connectivity index (χ1) is 11.7. The van der Waals surface area contributed by atoms with E-state index in [9.17, 15) is 4.79 Å². The van der Waals surface area contributed by atoms with Crippen LogP contribution < -0.4 is 5.32 Å². The number of thiophene rings is 1. The number of fused-ring (bicyclic) bond motifs is 3. The Kier molecular flexibility index (Phi) is 3.82. The van der Waals surface area contributed by atoms with Crippen molar-refractivity contribution in [1.82, 2.24) is 4.98 Å². The summed E-state index contributed by atoms with van der Waals surface area (Å²) in [4.78, 5) is 16.8. The molecule has 0 radical (unpaired) electrons. The molecule has 0 aliphatic carbocycles. The number of H-pyrrole nitrogens is 1. The third-order valence-corrected chi connectivity index (χ3v) is 5.18. The fraction of sp³-hybridized carbons (Fsp3) is 0.150. The van der Waals surface area contributed by atoms with Gasteiger partial charge in [0.15, 0.2) is 0 Å². The number of aromatic amines is 1. The van der Waals surface area contributed by atoms with Crippen molar-refractivity contribution in [3.63, 3.8) is 0 Å². The lowest BCUT2D eigenvalue weighted by Gasteiger charge is -2.04. The Morgan fingerprint density at radius 3 is 2.83 bits per heavy atom. The third kappa shape index (κ3) is 2.69. The number of aryl methyl sites for hydroxylation is 1. The number of carbonyl (C=O) groups is 1. The van der Waals surface area contributed by atoms with Crippen LogP contribution in [0.1, 0.15) is 17.4 Å². The zero-order valence-corrected chi connectivity index (χ0v) is 14.2. The summed E-state index contributed by atoms with van der Waals surface area (Å²) in [7, 11) is 0. The number of anilines is 1. The lowest BCUT2D eigenvalue weighted by Crippen LogP contribution is -2.13. The Labute approximate surface area is 144 Å². The van der Waals surface area contributed by atoms with Crippen LogP contribution in [0, 0.1) is 0 Å². The number of nitrogens with one attached hydrogen (secondary N) is 2. The molecule has 4 rings (SSSR count). The minimum atomic E-state index is 0.0159. The quantitative estimate of drug-likeness (QED) is 0.534. The number of aromatic nitrogens is 1. The molecule has 0 fully saturated rings. The molecular formula is C20H18N2OS. The molecule has 0 bridgehead atoms. The summed E-state index contributed by atoms with van der Waals surface area (Å²) in [5.41, 5.74) is 4.39. The Morgan fingerprint density at radius 1 is 1.12 bits per heavy atom. The van der Waals surface area contributed by atoms with Crippen molar-refractivity contribution in [3.05, 3.63) is 64.4 Å². The van der Waals surface area contributed by atoms with E-state index >= 15 is 0 Å². The van der Waals surface area contributed by atoms with Gasteiger partial charge < -0.3 is 10.3 Å². The van der Waals surface area contributed by atoms with Crippen molar-refractivity contribution in [3.8, 4) is 0 Å². The van der Waals surface area contributed by atoms with Gasteiger partial charge in [-0.1, -0.05) is 37.3 Å². The fourth-order valence-electron chi connectivity index (χ4n) is 3.14. The maximum Gasteiger partial charge on any atom is 0.229 e. The van der Waals surface area contributed by atoms with Crippen LogP contribution in [0.2, 0.25) is 0 Å². The summed E-state index contributed by atoms with van der Waals surface area (Å²) < 4.78 is 0. The van der Waals surface area contributed by atoms with Crippen LogP contribution in [-0.2, 0) is 17.6 Å². The molecule has 24 heavy (non-hydrogen) atoms. The number of rotatable bonds is 4. The van der Waals surface area contributed by atoms with Gasteiger partial charge in [-0.05, 0) is 35.6 Å². The standard InChI is InChI=1S/C20H18N2OS/c1-2-13-5-3-7-17-16-9-8-14(11-18(16)22-20(13)17)21-19(23)12-15-6-4-10-24-15/h3-11,22H,2,12H2,1H3,(H,21,23). The van der Waals surface area contributed by atoms with Crippen LogP contribution in [0.3, 0.4) is 0 Å². The van der Waals surface area contributed by atoms with Gasteiger partial charge in [0, 0.05) is 32.4 Å². The van der Waals surface area contributed by atoms with Gasteiger partial charge in [0.05, 0.1) is 6.42 Å². The lowest BCUT2D eigenvalue weighted by molar-refractivity contribution is -0.115. The molecule has 2 heterocycles. The van der Waals surface area contributed by atoms with E-state index in [-0.39, 0.29) is 5.91 Å². The molecule has 0 aliphatic rings. The smallest absolute Gasteiger partial charge is 0.229 e. The van der Waals surface area contributed by atoms with Gasteiger partial charge in [-0.3, -0.25) is 4.79 Å². The van der Waals surface area contributed by atoms with Crippen molar-refractivity contribution in [2.24, 2.45) is 0 Å². The number of carbonyl (C=O) groups excluding carboxylic acids is 1. The summed E-state index contributed by atoms with van der Waals surface area (Å²) in [5.74, 6) is 0.0159. The summed E-state index contributed by atoms with van der Waals surface area (Å²) in [6.45, 7) is 2.16. The van der Waals surface area contributed by atoms with E-state index < -0.39 is 0 Å². The molecule has 2 aromatic carbocycles. The number of amides is 1. The molecule has 4 aromatic rings. The van der Waals surface area contributed by atoms with Crippen molar-refractivity contribution in [2.75, 3.05) is 5.32 Å². The van der Waals surface area contributed by atoms with E-state index in [4.69, 9.17) is 0 Å². The molecule has 4 heteroatoms. The highest BCUT2D eigenvalue weighted by atomic mass is 32.1. The van der Waals surface area contributed by atoms with E-state index in [0.717, 1.165) is 22.5 Å². The molecule has 1 amide bonds. The monoisotopic (exact) mass is 334 g/mol. The number of hydrogen-bond acceptors (Lipinski definition) is 2. The fourth-order valence-corrected chi connectivity index (χ4v) is 3.84. The largest absolute Gasteiger partial charge is 0.354 e. The minimum Gasteiger partial charge on any atom is -0.354 e. The summed E-state index contributed by atoms with van der Waals surface area (Å²) in [6.07, 6.45) is 1.41. The Hall–Kier alpha value is -2.59. The van der Waals surface area contributed by atoms with Gasteiger partial charge in [-0.25, -0.2) is 0 Å². The third-order valence-electron chi connectivity index (χ3n) is 4.30. The van der Waals surface area contributed by atoms with Crippen LogP contribution in [0.5, 0.6) is 0 Å². The molecule has 2 aromatic heterocycles. The highest BCUT2D eigenvalue weighted by molar-refractivity contribution is 7.10. The Balaban J connectivity index is 1.65. The van der Waals surface area contributed by atoms with E-state index in [1.165, 1.54) is 21.9 Å². The first-order valence-electron chi connectivity index (χ1n) is 8.10. The average Bonchev–Trinajstić information content (AvgIpc) is 3.21. The highest BCUT2D eigenvalue weighted by Gasteiger charge is 2.09. The van der Waals surface area contributed by atoms with E-state index in [0.29, 0.717) is 6.42 Å². The highest BCUT2D eigenvalue weighted by Crippen LogP contribution is 2.29. The molecule has 0 aliphatic heterocycles. The molecule has 0 saturated carbocycles. The van der Waals surface area contributed by atoms with Gasteiger partial charge in [0.25, 0.3) is 0 Å². The van der Waals surface area contributed by atoms with Crippen molar-refractivity contribution in [2.45, 2.75) is 19.8 Å². The molecule has 120 valence electrons. The molecule has 0 spiro atoms. The van der Waals surface area contributed by atoms with Crippen molar-refractivity contribution >= 4 is 44.7 Å². The zero-order valence-electron chi connectivity index (χ0n) is 13.4. The predicted molar refractivity (Wildman–Crippen MR) is 102 cm³/mol. The molecule has 3 nitrogen and oxygen atoms in total. The molecule has 0 unspecified atom stereocenters. The molecule has 0 saturated heterocycles. The van der Waals surface area contributed by atoms with Crippen LogP contribution >= 0.6 is 11.3 Å². The van der Waals surface area contributed by atoms with Crippen LogP contribution in [0.15, 0.2) is 53.9 Å². The van der Waals surface area contributed by atoms with Gasteiger partial charge in [0.2, 0.25) is 5.91 Å². The van der Waals surface area contributed by atoms with Gasteiger partial charge in [-0.2, -0.15) is 0 Å². The average molecular weight is 334 g/mol. The maximum atomic E-state index is 12.2. The molecular weight excluding hydrogens is 316 g/mol. The normalized spacial score (nSPS) is 11.2. The van der Waals surface area contributed by atoms with Crippen LogP contribution in [0.25, 0.3) is 21.8 Å². The van der Waals surface area contributed by atoms with E-state index in [1.807, 2.05) is 29.6 Å². The lowest BCUT2D eigenvalue weighted by atomic mass is 10.1. The molecule has 2 N–H and O–H groups in total. The van der Waals surface area contributed by atoms with E-state index in [1.54, 1.807) is 11.3 Å². The second-order valence-corrected chi connectivity index (χ2v) is 6.92. The van der Waals surface area contributed by atoms with Crippen LogP contribution in [-0.4, -0.2) is 10.9 Å². The summed E-state index contributed by atoms with van der Waals surface area (Å²) in [6, 6.07) is 16.4. The zero-order chi connectivity index (χ0) is 16.5. The van der Waals surface area contributed by atoms with E-state index in [2.05, 4.69) is 41.5 Å². The summed E-state index contributed by atoms with van der Waals surface area (Å²) in [5, 5.41) is 7.41. The molecule has 0 atom stereocenters. The number of benzene rings is 2. The van der Waals surface area contributed by atoms with Gasteiger partial charge in [-0.15, -0.1) is 11.3 Å². The van der Waals surface area contributed by atoms with Crippen LogP contribution in [0.4, 0.5) is 5.69 Å². The first kappa shape index (κ1) is 15.0. The van der Waals surface area contributed by atoms with Gasteiger partial charge in [0.1, 0.15) is 0 Å². The SMILES string of the molecule is CCc1cccc2c1[nH]c1cc(NC(=O)Cc3cccs3)ccc12. The second kappa shape index (κ2) is 6.13. The predicted octanol–water partition coefficient (Wildman–Crippen LogP) is 5.13.